The van der Waals surface area contributed by atoms with Crippen LogP contribution < -0.4 is 0 Å². The van der Waals surface area contributed by atoms with Gasteiger partial charge >= 0.3 is 0 Å². The smallest absolute Gasteiger partial charge is 0.0914 e. The van der Waals surface area contributed by atoms with Crippen LogP contribution in [0.3, 0.4) is 0 Å². The van der Waals surface area contributed by atoms with Crippen LogP contribution in [0.15, 0.2) is 24.3 Å². The van der Waals surface area contributed by atoms with Gasteiger partial charge in [0.25, 0.3) is 0 Å². The summed E-state index contributed by atoms with van der Waals surface area (Å²) in [5.74, 6) is 0. The van der Waals surface area contributed by atoms with Crippen LogP contribution in [-0.4, -0.2) is 11.0 Å². The number of benzene rings is 1. The summed E-state index contributed by atoms with van der Waals surface area (Å²) >= 11 is 8.21. The minimum absolute atomic E-state index is 0.171. The molecule has 1 atom stereocenters. The number of rotatable bonds is 4. The second-order valence-electron chi connectivity index (χ2n) is 2.65. The predicted octanol–water partition coefficient (Wildman–Crippen LogP) is 3.85. The molecule has 0 aliphatic carbocycles. The normalized spacial score (nSPS) is 12.8. The van der Waals surface area contributed by atoms with E-state index < -0.39 is 0 Å². The van der Waals surface area contributed by atoms with Crippen LogP contribution in [-0.2, 0) is 4.74 Å². The van der Waals surface area contributed by atoms with Crippen molar-refractivity contribution in [2.45, 2.75) is 13.0 Å². The average Bonchev–Trinajstić information content (AvgIpc) is 2.14. The topological polar surface area (TPSA) is 9.23 Å². The second kappa shape index (κ2) is 5.83. The molecular formula is C10H12ClIO. The fraction of sp³-hybridized carbons (Fsp3) is 0.400. The van der Waals surface area contributed by atoms with Gasteiger partial charge in [-0.05, 0) is 24.6 Å². The van der Waals surface area contributed by atoms with Crippen molar-refractivity contribution in [3.8, 4) is 0 Å². The molecule has 1 aromatic rings. The number of halogens is 2. The van der Waals surface area contributed by atoms with Gasteiger partial charge in [0.2, 0.25) is 0 Å². The summed E-state index contributed by atoms with van der Waals surface area (Å²) in [5.41, 5.74) is 1.16. The van der Waals surface area contributed by atoms with Crippen molar-refractivity contribution in [3.05, 3.63) is 34.9 Å². The Morgan fingerprint density at radius 2 is 2.31 bits per heavy atom. The van der Waals surface area contributed by atoms with Crippen molar-refractivity contribution >= 4 is 34.2 Å². The lowest BCUT2D eigenvalue weighted by Gasteiger charge is -2.14. The third-order valence-electron chi connectivity index (χ3n) is 1.73. The Hall–Kier alpha value is 0.200. The highest BCUT2D eigenvalue weighted by Gasteiger charge is 2.09. The van der Waals surface area contributed by atoms with Gasteiger partial charge in [0.1, 0.15) is 0 Å². The third kappa shape index (κ3) is 3.44. The molecule has 0 aliphatic heterocycles. The Morgan fingerprint density at radius 1 is 1.54 bits per heavy atom. The Kier molecular flexibility index (Phi) is 5.06. The minimum atomic E-state index is 0.171. The number of ether oxygens (including phenoxy) is 1. The fourth-order valence-electron chi connectivity index (χ4n) is 1.14. The first-order valence-corrected chi connectivity index (χ1v) is 6.11. The average molecular weight is 311 g/mol. The first-order valence-electron chi connectivity index (χ1n) is 4.21. The van der Waals surface area contributed by atoms with Gasteiger partial charge in [-0.15, -0.1) is 0 Å². The molecule has 72 valence electrons. The quantitative estimate of drug-likeness (QED) is 0.606. The van der Waals surface area contributed by atoms with Crippen molar-refractivity contribution in [2.24, 2.45) is 0 Å². The molecule has 1 unspecified atom stereocenters. The SMILES string of the molecule is CCOC(CI)c1cccc(Cl)c1. The Bertz CT molecular complexity index is 265. The van der Waals surface area contributed by atoms with Gasteiger partial charge < -0.3 is 4.74 Å². The van der Waals surface area contributed by atoms with E-state index in [0.29, 0.717) is 0 Å². The van der Waals surface area contributed by atoms with Crippen molar-refractivity contribution in [1.82, 2.24) is 0 Å². The molecule has 0 fully saturated rings. The summed E-state index contributed by atoms with van der Waals surface area (Å²) in [6, 6.07) is 7.84. The van der Waals surface area contributed by atoms with E-state index in [1.54, 1.807) is 0 Å². The van der Waals surface area contributed by atoms with Gasteiger partial charge in [0.15, 0.2) is 0 Å². The zero-order valence-electron chi connectivity index (χ0n) is 7.47. The first kappa shape index (κ1) is 11.3. The second-order valence-corrected chi connectivity index (χ2v) is 3.97. The van der Waals surface area contributed by atoms with E-state index in [1.165, 1.54) is 0 Å². The summed E-state index contributed by atoms with van der Waals surface area (Å²) in [6.45, 7) is 2.74. The van der Waals surface area contributed by atoms with E-state index in [1.807, 2.05) is 31.2 Å². The maximum absolute atomic E-state index is 5.89. The highest BCUT2D eigenvalue weighted by molar-refractivity contribution is 14.1. The van der Waals surface area contributed by atoms with Gasteiger partial charge in [0, 0.05) is 16.1 Å². The Morgan fingerprint density at radius 3 is 2.85 bits per heavy atom. The van der Waals surface area contributed by atoms with Crippen LogP contribution in [0, 0.1) is 0 Å². The molecule has 0 N–H and O–H groups in total. The molecule has 3 heteroatoms. The maximum atomic E-state index is 5.89. The fourth-order valence-corrected chi connectivity index (χ4v) is 2.10. The minimum Gasteiger partial charge on any atom is -0.373 e. The van der Waals surface area contributed by atoms with E-state index >= 15 is 0 Å². The number of alkyl halides is 1. The van der Waals surface area contributed by atoms with Crippen LogP contribution in [0.2, 0.25) is 5.02 Å². The van der Waals surface area contributed by atoms with Crippen molar-refractivity contribution < 1.29 is 4.74 Å². The molecule has 1 aromatic carbocycles. The molecular weight excluding hydrogens is 298 g/mol. The van der Waals surface area contributed by atoms with Gasteiger partial charge in [-0.3, -0.25) is 0 Å². The van der Waals surface area contributed by atoms with E-state index in [0.717, 1.165) is 21.6 Å². The summed E-state index contributed by atoms with van der Waals surface area (Å²) in [7, 11) is 0. The monoisotopic (exact) mass is 310 g/mol. The van der Waals surface area contributed by atoms with E-state index in [9.17, 15) is 0 Å². The summed E-state index contributed by atoms with van der Waals surface area (Å²) in [6.07, 6.45) is 0.171. The Labute approximate surface area is 97.6 Å². The number of hydrogen-bond acceptors (Lipinski definition) is 1. The zero-order valence-corrected chi connectivity index (χ0v) is 10.4. The van der Waals surface area contributed by atoms with Gasteiger partial charge in [-0.1, -0.05) is 46.3 Å². The zero-order chi connectivity index (χ0) is 9.68. The van der Waals surface area contributed by atoms with Gasteiger partial charge in [-0.25, -0.2) is 0 Å². The molecule has 1 rings (SSSR count). The van der Waals surface area contributed by atoms with Crippen LogP contribution in [0.1, 0.15) is 18.6 Å². The molecule has 0 amide bonds. The number of hydrogen-bond donors (Lipinski definition) is 0. The molecule has 0 saturated carbocycles. The Balaban J connectivity index is 2.78. The summed E-state index contributed by atoms with van der Waals surface area (Å²) < 4.78 is 6.52. The largest absolute Gasteiger partial charge is 0.373 e. The van der Waals surface area contributed by atoms with Crippen molar-refractivity contribution in [3.63, 3.8) is 0 Å². The molecule has 0 aromatic heterocycles. The van der Waals surface area contributed by atoms with Crippen LogP contribution in [0.25, 0.3) is 0 Å². The van der Waals surface area contributed by atoms with Crippen molar-refractivity contribution in [2.75, 3.05) is 11.0 Å². The van der Waals surface area contributed by atoms with E-state index in [2.05, 4.69) is 22.6 Å². The molecule has 13 heavy (non-hydrogen) atoms. The highest BCUT2D eigenvalue weighted by Crippen LogP contribution is 2.22. The highest BCUT2D eigenvalue weighted by atomic mass is 127. The summed E-state index contributed by atoms with van der Waals surface area (Å²) in [4.78, 5) is 0. The predicted molar refractivity (Wildman–Crippen MR) is 64.7 cm³/mol. The van der Waals surface area contributed by atoms with Crippen LogP contribution in [0.4, 0.5) is 0 Å². The molecule has 0 saturated heterocycles. The lowest BCUT2D eigenvalue weighted by atomic mass is 10.1. The molecule has 0 heterocycles. The molecule has 0 aliphatic rings. The van der Waals surface area contributed by atoms with Crippen LogP contribution >= 0.6 is 34.2 Å². The lowest BCUT2D eigenvalue weighted by Crippen LogP contribution is -2.05. The van der Waals surface area contributed by atoms with E-state index in [4.69, 9.17) is 16.3 Å². The summed E-state index contributed by atoms with van der Waals surface area (Å²) in [5, 5.41) is 0.770. The molecule has 1 nitrogen and oxygen atoms in total. The molecule has 0 radical (unpaired) electrons. The third-order valence-corrected chi connectivity index (χ3v) is 2.76. The first-order chi connectivity index (χ1) is 6.27. The maximum Gasteiger partial charge on any atom is 0.0914 e. The van der Waals surface area contributed by atoms with Gasteiger partial charge in [-0.2, -0.15) is 0 Å². The molecule has 0 bridgehead atoms. The van der Waals surface area contributed by atoms with Crippen LogP contribution in [0.5, 0.6) is 0 Å². The molecule has 0 spiro atoms. The van der Waals surface area contributed by atoms with E-state index in [-0.39, 0.29) is 6.10 Å². The lowest BCUT2D eigenvalue weighted by molar-refractivity contribution is 0.0819. The van der Waals surface area contributed by atoms with Crippen molar-refractivity contribution in [1.29, 1.82) is 0 Å². The van der Waals surface area contributed by atoms with Gasteiger partial charge in [0.05, 0.1) is 6.10 Å². The standard InChI is InChI=1S/C10H12ClIO/c1-2-13-10(7-12)8-4-3-5-9(11)6-8/h3-6,10H,2,7H2,1H3.